The van der Waals surface area contributed by atoms with E-state index in [1.807, 2.05) is 32.3 Å². The third-order valence-electron chi connectivity index (χ3n) is 4.52. The van der Waals surface area contributed by atoms with Crippen LogP contribution in [0.1, 0.15) is 60.2 Å². The van der Waals surface area contributed by atoms with E-state index in [9.17, 15) is 9.59 Å². The monoisotopic (exact) mass is 422 g/mol. The summed E-state index contributed by atoms with van der Waals surface area (Å²) in [5.41, 5.74) is 1.59. The number of esters is 1. The molecule has 9 heteroatoms. The van der Waals surface area contributed by atoms with Gasteiger partial charge < -0.3 is 14.6 Å². The molecule has 0 aromatic carbocycles. The summed E-state index contributed by atoms with van der Waals surface area (Å²) in [7, 11) is 0. The number of amides is 1. The lowest BCUT2D eigenvalue weighted by Crippen LogP contribution is -2.19. The van der Waals surface area contributed by atoms with Crippen molar-refractivity contribution in [2.75, 3.05) is 11.1 Å². The molecule has 0 aliphatic heterocycles. The molecule has 0 bridgehead atoms. The first-order valence-electron chi connectivity index (χ1n) is 9.58. The van der Waals surface area contributed by atoms with Crippen molar-refractivity contribution in [1.82, 2.24) is 14.8 Å². The molecule has 2 aromatic heterocycles. The fourth-order valence-corrected chi connectivity index (χ4v) is 5.41. The quantitative estimate of drug-likeness (QED) is 0.539. The molecule has 0 saturated carbocycles. The van der Waals surface area contributed by atoms with Crippen molar-refractivity contribution >= 4 is 40.0 Å². The number of thiophene rings is 1. The van der Waals surface area contributed by atoms with E-state index in [0.29, 0.717) is 10.6 Å². The molecule has 0 fully saturated rings. The number of hydrogen-bond donors (Lipinski definition) is 1. The van der Waals surface area contributed by atoms with E-state index in [2.05, 4.69) is 15.5 Å². The van der Waals surface area contributed by atoms with Gasteiger partial charge in [-0.05, 0) is 58.9 Å². The normalized spacial score (nSPS) is 13.5. The molecule has 1 N–H and O–H groups in total. The van der Waals surface area contributed by atoms with Crippen LogP contribution < -0.4 is 5.32 Å². The van der Waals surface area contributed by atoms with Gasteiger partial charge in [-0.15, -0.1) is 21.5 Å². The van der Waals surface area contributed by atoms with E-state index in [-0.39, 0.29) is 23.7 Å². The van der Waals surface area contributed by atoms with Crippen molar-refractivity contribution in [3.05, 3.63) is 21.8 Å². The number of aromatic nitrogens is 3. The Morgan fingerprint density at radius 3 is 2.75 bits per heavy atom. The first-order valence-corrected chi connectivity index (χ1v) is 11.4. The summed E-state index contributed by atoms with van der Waals surface area (Å²) < 4.78 is 7.40. The molecule has 1 aliphatic rings. The largest absolute Gasteiger partial charge is 0.459 e. The Balaban J connectivity index is 1.74. The number of carbonyl (C=O) groups excluding carboxylic acids is 2. The van der Waals surface area contributed by atoms with Crippen LogP contribution >= 0.6 is 23.1 Å². The molecule has 0 unspecified atom stereocenters. The molecule has 0 spiro atoms. The molecule has 28 heavy (non-hydrogen) atoms. The third kappa shape index (κ3) is 4.57. The summed E-state index contributed by atoms with van der Waals surface area (Å²) >= 11 is 2.85. The van der Waals surface area contributed by atoms with Gasteiger partial charge in [0.15, 0.2) is 5.16 Å². The minimum Gasteiger partial charge on any atom is -0.459 e. The highest BCUT2D eigenvalue weighted by Crippen LogP contribution is 2.38. The fourth-order valence-electron chi connectivity index (χ4n) is 3.27. The Morgan fingerprint density at radius 1 is 1.29 bits per heavy atom. The predicted molar refractivity (Wildman–Crippen MR) is 111 cm³/mol. The van der Waals surface area contributed by atoms with Crippen LogP contribution in [-0.4, -0.2) is 38.5 Å². The molecule has 3 rings (SSSR count). The molecule has 2 aromatic rings. The maximum atomic E-state index is 12.7. The average molecular weight is 423 g/mol. The van der Waals surface area contributed by atoms with Crippen LogP contribution in [0.15, 0.2) is 5.16 Å². The van der Waals surface area contributed by atoms with Gasteiger partial charge in [0.1, 0.15) is 10.8 Å². The maximum Gasteiger partial charge on any atom is 0.341 e. The molecule has 2 heterocycles. The van der Waals surface area contributed by atoms with Gasteiger partial charge in [-0.1, -0.05) is 11.8 Å². The molecule has 1 aliphatic carbocycles. The summed E-state index contributed by atoms with van der Waals surface area (Å²) in [6, 6.07) is 0. The van der Waals surface area contributed by atoms with E-state index in [1.54, 1.807) is 0 Å². The molecule has 0 atom stereocenters. The number of anilines is 1. The van der Waals surface area contributed by atoms with Gasteiger partial charge in [0.2, 0.25) is 5.91 Å². The highest BCUT2D eigenvalue weighted by molar-refractivity contribution is 7.99. The molecule has 0 radical (unpaired) electrons. The number of nitrogens with zero attached hydrogens (tertiary/aromatic N) is 3. The van der Waals surface area contributed by atoms with Crippen LogP contribution in [0, 0.1) is 6.92 Å². The number of carbonyl (C=O) groups is 2. The van der Waals surface area contributed by atoms with E-state index >= 15 is 0 Å². The van der Waals surface area contributed by atoms with Gasteiger partial charge in [-0.2, -0.15) is 0 Å². The first kappa shape index (κ1) is 20.9. The number of fused-ring (bicyclic) bond motifs is 1. The number of nitrogens with one attached hydrogen (secondary N) is 1. The molecule has 152 valence electrons. The summed E-state index contributed by atoms with van der Waals surface area (Å²) in [6.07, 6.45) is 3.78. The topological polar surface area (TPSA) is 86.1 Å². The minimum absolute atomic E-state index is 0.162. The molecular weight excluding hydrogens is 396 g/mol. The lowest BCUT2D eigenvalue weighted by Gasteiger charge is -2.14. The fraction of sp³-hybridized carbons (Fsp3) is 0.579. The van der Waals surface area contributed by atoms with E-state index in [1.165, 1.54) is 28.0 Å². The SMILES string of the molecule is CCn1c(C)nnc1SCC(=O)Nc1sc2c(c1C(=O)OC(C)C)CCCC2. The zero-order valence-electron chi connectivity index (χ0n) is 16.7. The van der Waals surface area contributed by atoms with Crippen LogP contribution in [-0.2, 0) is 28.9 Å². The summed E-state index contributed by atoms with van der Waals surface area (Å²) in [5, 5.41) is 12.4. The van der Waals surface area contributed by atoms with Gasteiger partial charge in [0, 0.05) is 11.4 Å². The number of aryl methyl sites for hydroxylation is 2. The Morgan fingerprint density at radius 2 is 2.04 bits per heavy atom. The number of hydrogen-bond acceptors (Lipinski definition) is 7. The van der Waals surface area contributed by atoms with E-state index < -0.39 is 0 Å². The maximum absolute atomic E-state index is 12.7. The van der Waals surface area contributed by atoms with Crippen LogP contribution in [0.4, 0.5) is 5.00 Å². The Kier molecular flexibility index (Phi) is 6.77. The Hall–Kier alpha value is -1.87. The van der Waals surface area contributed by atoms with Crippen molar-refractivity contribution in [3.63, 3.8) is 0 Å². The Bertz CT molecular complexity index is 873. The third-order valence-corrected chi connectivity index (χ3v) is 6.70. The average Bonchev–Trinajstić information content (AvgIpc) is 3.18. The second kappa shape index (κ2) is 9.09. The molecule has 0 saturated heterocycles. The zero-order chi connectivity index (χ0) is 20.3. The molecular formula is C19H26N4O3S2. The number of thioether (sulfide) groups is 1. The van der Waals surface area contributed by atoms with E-state index in [4.69, 9.17) is 4.74 Å². The Labute approximate surface area is 173 Å². The first-order chi connectivity index (χ1) is 13.4. The predicted octanol–water partition coefficient (Wildman–Crippen LogP) is 3.84. The van der Waals surface area contributed by atoms with Crippen molar-refractivity contribution < 1.29 is 14.3 Å². The zero-order valence-corrected chi connectivity index (χ0v) is 18.3. The highest BCUT2D eigenvalue weighted by atomic mass is 32.2. The number of ether oxygens (including phenoxy) is 1. The summed E-state index contributed by atoms with van der Waals surface area (Å²) in [4.78, 5) is 26.4. The summed E-state index contributed by atoms with van der Waals surface area (Å²) in [6.45, 7) is 8.33. The van der Waals surface area contributed by atoms with Crippen molar-refractivity contribution in [2.45, 2.75) is 71.2 Å². The van der Waals surface area contributed by atoms with Gasteiger partial charge >= 0.3 is 5.97 Å². The van der Waals surface area contributed by atoms with Crippen LogP contribution in [0.25, 0.3) is 0 Å². The highest BCUT2D eigenvalue weighted by Gasteiger charge is 2.28. The van der Waals surface area contributed by atoms with Crippen molar-refractivity contribution in [3.8, 4) is 0 Å². The van der Waals surface area contributed by atoms with Crippen LogP contribution in [0.3, 0.4) is 0 Å². The van der Waals surface area contributed by atoms with E-state index in [0.717, 1.165) is 48.8 Å². The van der Waals surface area contributed by atoms with Gasteiger partial charge in [0.25, 0.3) is 0 Å². The second-order valence-corrected chi connectivity index (χ2v) is 9.03. The smallest absolute Gasteiger partial charge is 0.341 e. The van der Waals surface area contributed by atoms with Crippen LogP contribution in [0.5, 0.6) is 0 Å². The summed E-state index contributed by atoms with van der Waals surface area (Å²) in [5.74, 6) is 0.526. The minimum atomic E-state index is -0.348. The van der Waals surface area contributed by atoms with Gasteiger partial charge in [-0.3, -0.25) is 4.79 Å². The molecule has 7 nitrogen and oxygen atoms in total. The number of rotatable bonds is 7. The van der Waals surface area contributed by atoms with Crippen LogP contribution in [0.2, 0.25) is 0 Å². The van der Waals surface area contributed by atoms with Gasteiger partial charge in [-0.25, -0.2) is 4.79 Å². The molecule has 1 amide bonds. The second-order valence-electron chi connectivity index (χ2n) is 6.98. The van der Waals surface area contributed by atoms with Crippen molar-refractivity contribution in [1.29, 1.82) is 0 Å². The van der Waals surface area contributed by atoms with Gasteiger partial charge in [0.05, 0.1) is 17.4 Å². The lowest BCUT2D eigenvalue weighted by molar-refractivity contribution is -0.113. The lowest BCUT2D eigenvalue weighted by atomic mass is 9.95. The van der Waals surface area contributed by atoms with Crippen molar-refractivity contribution in [2.24, 2.45) is 0 Å². The standard InChI is InChI=1S/C19H26N4O3S2/c1-5-23-12(4)21-22-19(23)27-10-15(24)20-17-16(18(25)26-11(2)3)13-8-6-7-9-14(13)28-17/h11H,5-10H2,1-4H3,(H,20,24).